The summed E-state index contributed by atoms with van der Waals surface area (Å²) >= 11 is 0. The predicted molar refractivity (Wildman–Crippen MR) is 84.1 cm³/mol. The Morgan fingerprint density at radius 1 is 1.32 bits per heavy atom. The summed E-state index contributed by atoms with van der Waals surface area (Å²) in [5.41, 5.74) is 8.99. The van der Waals surface area contributed by atoms with Crippen LogP contribution in [0.15, 0.2) is 42.5 Å². The molecular weight excluding hydrogens is 278 g/mol. The maximum absolute atomic E-state index is 12.9. The summed E-state index contributed by atoms with van der Waals surface area (Å²) in [7, 11) is 0. The molecule has 0 bridgehead atoms. The second kappa shape index (κ2) is 4.59. The number of aryl methyl sites for hydroxylation is 1. The van der Waals surface area contributed by atoms with E-state index in [0.717, 1.165) is 22.3 Å². The number of nitrogens with two attached hydrogens (primary N) is 1. The highest BCUT2D eigenvalue weighted by atomic mass is 16.5. The number of anilines is 1. The van der Waals surface area contributed by atoms with Crippen molar-refractivity contribution in [2.75, 3.05) is 5.73 Å². The summed E-state index contributed by atoms with van der Waals surface area (Å²) < 4.78 is 7.40. The summed E-state index contributed by atoms with van der Waals surface area (Å²) in [6.07, 6.45) is 0.0612. The quantitative estimate of drug-likeness (QED) is 0.700. The Hall–Kier alpha value is -2.82. The van der Waals surface area contributed by atoms with Crippen LogP contribution in [0.25, 0.3) is 11.0 Å². The number of imidazole rings is 1. The van der Waals surface area contributed by atoms with E-state index >= 15 is 0 Å². The number of rotatable bonds is 1. The van der Waals surface area contributed by atoms with Crippen LogP contribution in [-0.4, -0.2) is 21.6 Å². The van der Waals surface area contributed by atoms with Crippen molar-refractivity contribution >= 4 is 22.6 Å². The molecule has 2 N–H and O–H groups in total. The van der Waals surface area contributed by atoms with E-state index < -0.39 is 6.10 Å². The monoisotopic (exact) mass is 293 g/mol. The highest BCUT2D eigenvalue weighted by Crippen LogP contribution is 2.30. The molecule has 0 saturated heterocycles. The summed E-state index contributed by atoms with van der Waals surface area (Å²) in [6, 6.07) is 13.1. The third kappa shape index (κ3) is 1.86. The standard InChI is InChI=1S/C17H15N3O2/c1-10-19-13-7-6-12(18)9-14(13)20(10)17(21)16-8-11-4-2-3-5-15(11)22-16/h2-7,9,16H,8,18H2,1H3. The first-order chi connectivity index (χ1) is 10.6. The summed E-state index contributed by atoms with van der Waals surface area (Å²) in [5, 5.41) is 0. The number of carbonyl (C=O) groups excluding carboxylic acids is 1. The van der Waals surface area contributed by atoms with Crippen LogP contribution in [0, 0.1) is 6.92 Å². The molecule has 1 aromatic heterocycles. The zero-order valence-corrected chi connectivity index (χ0v) is 12.1. The van der Waals surface area contributed by atoms with Crippen molar-refractivity contribution in [2.24, 2.45) is 0 Å². The van der Waals surface area contributed by atoms with E-state index in [1.165, 1.54) is 0 Å². The zero-order valence-electron chi connectivity index (χ0n) is 12.1. The van der Waals surface area contributed by atoms with Gasteiger partial charge in [0.1, 0.15) is 11.6 Å². The number of ether oxygens (including phenoxy) is 1. The van der Waals surface area contributed by atoms with Crippen LogP contribution < -0.4 is 10.5 Å². The Morgan fingerprint density at radius 2 is 2.14 bits per heavy atom. The van der Waals surface area contributed by atoms with E-state index in [2.05, 4.69) is 4.98 Å². The SMILES string of the molecule is Cc1nc2ccc(N)cc2n1C(=O)C1Cc2ccccc2O1. The van der Waals surface area contributed by atoms with Gasteiger partial charge in [-0.15, -0.1) is 0 Å². The van der Waals surface area contributed by atoms with Gasteiger partial charge in [-0.05, 0) is 36.8 Å². The van der Waals surface area contributed by atoms with Gasteiger partial charge in [-0.2, -0.15) is 0 Å². The van der Waals surface area contributed by atoms with Gasteiger partial charge in [0.05, 0.1) is 11.0 Å². The minimum Gasteiger partial charge on any atom is -0.480 e. The lowest BCUT2D eigenvalue weighted by Gasteiger charge is -2.12. The molecule has 0 amide bonds. The van der Waals surface area contributed by atoms with Crippen molar-refractivity contribution in [3.05, 3.63) is 53.9 Å². The average Bonchev–Trinajstić information content (AvgIpc) is 3.06. The van der Waals surface area contributed by atoms with Crippen LogP contribution in [0.3, 0.4) is 0 Å². The molecule has 1 aliphatic heterocycles. The number of hydrogen-bond donors (Lipinski definition) is 1. The summed E-state index contributed by atoms with van der Waals surface area (Å²) in [6.45, 7) is 1.82. The second-order valence-corrected chi connectivity index (χ2v) is 5.50. The number of fused-ring (bicyclic) bond motifs is 2. The highest BCUT2D eigenvalue weighted by molar-refractivity contribution is 5.95. The molecule has 0 saturated carbocycles. The van der Waals surface area contributed by atoms with Crippen molar-refractivity contribution in [1.29, 1.82) is 0 Å². The normalized spacial score (nSPS) is 16.5. The van der Waals surface area contributed by atoms with Crippen LogP contribution in [0.1, 0.15) is 16.2 Å². The molecule has 5 nitrogen and oxygen atoms in total. The van der Waals surface area contributed by atoms with Crippen molar-refractivity contribution in [2.45, 2.75) is 19.4 Å². The van der Waals surface area contributed by atoms with Crippen molar-refractivity contribution < 1.29 is 9.53 Å². The van der Waals surface area contributed by atoms with Gasteiger partial charge in [0.15, 0.2) is 6.10 Å². The van der Waals surface area contributed by atoms with Crippen LogP contribution in [0.2, 0.25) is 0 Å². The number of hydrogen-bond acceptors (Lipinski definition) is 4. The third-order valence-electron chi connectivity index (χ3n) is 3.99. The molecule has 22 heavy (non-hydrogen) atoms. The maximum Gasteiger partial charge on any atom is 0.273 e. The number of benzene rings is 2. The smallest absolute Gasteiger partial charge is 0.273 e. The maximum atomic E-state index is 12.9. The Balaban J connectivity index is 1.75. The van der Waals surface area contributed by atoms with Crippen LogP contribution in [0.5, 0.6) is 5.75 Å². The van der Waals surface area contributed by atoms with Gasteiger partial charge in [0.2, 0.25) is 0 Å². The highest BCUT2D eigenvalue weighted by Gasteiger charge is 2.31. The molecule has 5 heteroatoms. The van der Waals surface area contributed by atoms with Gasteiger partial charge < -0.3 is 10.5 Å². The lowest BCUT2D eigenvalue weighted by atomic mass is 10.1. The van der Waals surface area contributed by atoms with Crippen molar-refractivity contribution in [3.63, 3.8) is 0 Å². The first-order valence-electron chi connectivity index (χ1n) is 7.17. The number of nitrogen functional groups attached to an aromatic ring is 1. The molecule has 0 aliphatic carbocycles. The van der Waals surface area contributed by atoms with E-state index in [1.807, 2.05) is 37.3 Å². The molecule has 2 heterocycles. The Morgan fingerprint density at radius 3 is 2.95 bits per heavy atom. The largest absolute Gasteiger partial charge is 0.480 e. The van der Waals surface area contributed by atoms with Crippen LogP contribution in [0.4, 0.5) is 5.69 Å². The topological polar surface area (TPSA) is 70.1 Å². The van der Waals surface area contributed by atoms with Crippen molar-refractivity contribution in [3.8, 4) is 5.75 Å². The van der Waals surface area contributed by atoms with Crippen LogP contribution in [-0.2, 0) is 6.42 Å². The molecule has 3 aromatic rings. The van der Waals surface area contributed by atoms with Gasteiger partial charge in [-0.1, -0.05) is 18.2 Å². The Kier molecular flexibility index (Phi) is 2.69. The average molecular weight is 293 g/mol. The van der Waals surface area contributed by atoms with E-state index in [0.29, 0.717) is 17.9 Å². The molecule has 0 fully saturated rings. The minimum absolute atomic E-state index is 0.109. The van der Waals surface area contributed by atoms with Gasteiger partial charge in [-0.3, -0.25) is 9.36 Å². The fraction of sp³-hybridized carbons (Fsp3) is 0.176. The first-order valence-corrected chi connectivity index (χ1v) is 7.17. The minimum atomic E-state index is -0.519. The number of nitrogens with zero attached hydrogens (tertiary/aromatic N) is 2. The van der Waals surface area contributed by atoms with Gasteiger partial charge in [0, 0.05) is 12.1 Å². The van der Waals surface area contributed by atoms with Gasteiger partial charge >= 0.3 is 0 Å². The van der Waals surface area contributed by atoms with Crippen molar-refractivity contribution in [1.82, 2.24) is 9.55 Å². The zero-order chi connectivity index (χ0) is 15.3. The second-order valence-electron chi connectivity index (χ2n) is 5.50. The molecule has 1 atom stereocenters. The summed E-state index contributed by atoms with van der Waals surface area (Å²) in [5.74, 6) is 1.31. The number of aromatic nitrogens is 2. The molecule has 4 rings (SSSR count). The first kappa shape index (κ1) is 12.9. The Labute approximate surface area is 127 Å². The lowest BCUT2D eigenvalue weighted by Crippen LogP contribution is -2.31. The van der Waals surface area contributed by atoms with Crippen LogP contribution >= 0.6 is 0 Å². The molecular formula is C17H15N3O2. The fourth-order valence-electron chi connectivity index (χ4n) is 2.95. The number of carbonyl (C=O) groups is 1. The molecule has 0 spiro atoms. The van der Waals surface area contributed by atoms with Gasteiger partial charge in [-0.25, -0.2) is 4.98 Å². The molecule has 2 aromatic carbocycles. The Bertz CT molecular complexity index is 873. The van der Waals surface area contributed by atoms with E-state index in [9.17, 15) is 4.79 Å². The fourth-order valence-corrected chi connectivity index (χ4v) is 2.95. The molecule has 1 aliphatic rings. The lowest BCUT2D eigenvalue weighted by molar-refractivity contribution is 0.0737. The molecule has 110 valence electrons. The van der Waals surface area contributed by atoms with Gasteiger partial charge in [0.25, 0.3) is 5.91 Å². The molecule has 1 unspecified atom stereocenters. The predicted octanol–water partition coefficient (Wildman–Crippen LogP) is 2.57. The van der Waals surface area contributed by atoms with E-state index in [-0.39, 0.29) is 5.91 Å². The van der Waals surface area contributed by atoms with E-state index in [4.69, 9.17) is 10.5 Å². The molecule has 0 radical (unpaired) electrons. The summed E-state index contributed by atoms with van der Waals surface area (Å²) in [4.78, 5) is 17.3. The van der Waals surface area contributed by atoms with E-state index in [1.54, 1.807) is 16.7 Å². The third-order valence-corrected chi connectivity index (χ3v) is 3.99. The number of para-hydroxylation sites is 1.